The molecule has 68 valence electrons. The first kappa shape index (κ1) is 8.30. The Morgan fingerprint density at radius 1 is 1.38 bits per heavy atom. The molecule has 2 nitrogen and oxygen atoms in total. The third-order valence-corrected chi connectivity index (χ3v) is 2.74. The minimum atomic E-state index is -0.281. The van der Waals surface area contributed by atoms with E-state index >= 15 is 0 Å². The van der Waals surface area contributed by atoms with Crippen LogP contribution in [0.2, 0.25) is 0 Å². The summed E-state index contributed by atoms with van der Waals surface area (Å²) in [4.78, 5) is 11.2. The summed E-state index contributed by atoms with van der Waals surface area (Å²) in [6.07, 6.45) is 3.25. The second-order valence-electron chi connectivity index (χ2n) is 3.61. The monoisotopic (exact) mass is 175 g/mol. The summed E-state index contributed by atoms with van der Waals surface area (Å²) in [5.74, 6) is -0.281. The van der Waals surface area contributed by atoms with Crippen LogP contribution in [0.1, 0.15) is 33.5 Å². The van der Waals surface area contributed by atoms with Gasteiger partial charge in [0.2, 0.25) is 5.91 Å². The number of hydrogen-bond donors (Lipinski definition) is 1. The minimum Gasteiger partial charge on any atom is -0.366 e. The first-order valence-electron chi connectivity index (χ1n) is 4.61. The highest BCUT2D eigenvalue weighted by atomic mass is 16.1. The van der Waals surface area contributed by atoms with Crippen LogP contribution in [0.15, 0.2) is 12.1 Å². The summed E-state index contributed by atoms with van der Waals surface area (Å²) < 4.78 is 0. The fourth-order valence-electron chi connectivity index (χ4n) is 2.13. The smallest absolute Gasteiger partial charge is 0.249 e. The molecule has 0 heterocycles. The summed E-state index contributed by atoms with van der Waals surface area (Å²) in [6.45, 7) is 1.94. The third-order valence-electron chi connectivity index (χ3n) is 2.74. The van der Waals surface area contributed by atoms with E-state index in [2.05, 4.69) is 6.07 Å². The number of carbonyl (C=O) groups is 1. The topological polar surface area (TPSA) is 43.1 Å². The first-order valence-corrected chi connectivity index (χ1v) is 4.61. The molecule has 2 rings (SSSR count). The summed E-state index contributed by atoms with van der Waals surface area (Å²) in [6, 6.07) is 4.11. The highest BCUT2D eigenvalue weighted by Crippen LogP contribution is 2.27. The van der Waals surface area contributed by atoms with E-state index in [9.17, 15) is 4.79 Å². The number of benzene rings is 1. The van der Waals surface area contributed by atoms with Crippen LogP contribution in [0.25, 0.3) is 0 Å². The molecule has 0 unspecified atom stereocenters. The van der Waals surface area contributed by atoms with Crippen molar-refractivity contribution >= 4 is 5.91 Å². The zero-order valence-corrected chi connectivity index (χ0v) is 7.76. The maximum atomic E-state index is 11.2. The van der Waals surface area contributed by atoms with Crippen LogP contribution in [0.5, 0.6) is 0 Å². The van der Waals surface area contributed by atoms with E-state index in [-0.39, 0.29) is 5.91 Å². The van der Waals surface area contributed by atoms with E-state index in [4.69, 9.17) is 5.73 Å². The van der Waals surface area contributed by atoms with Gasteiger partial charge in [-0.2, -0.15) is 0 Å². The number of aryl methyl sites for hydroxylation is 2. The van der Waals surface area contributed by atoms with Crippen LogP contribution >= 0.6 is 0 Å². The Kier molecular flexibility index (Phi) is 1.83. The molecule has 1 amide bonds. The highest BCUT2D eigenvalue weighted by molar-refractivity contribution is 5.96. The lowest BCUT2D eigenvalue weighted by atomic mass is 9.98. The highest BCUT2D eigenvalue weighted by Gasteiger charge is 2.18. The molecule has 0 aliphatic heterocycles. The van der Waals surface area contributed by atoms with Crippen molar-refractivity contribution in [3.05, 3.63) is 34.4 Å². The largest absolute Gasteiger partial charge is 0.366 e. The second kappa shape index (κ2) is 2.87. The Morgan fingerprint density at radius 3 is 2.85 bits per heavy atom. The van der Waals surface area contributed by atoms with E-state index in [1.54, 1.807) is 0 Å². The van der Waals surface area contributed by atoms with Crippen LogP contribution in [0.4, 0.5) is 0 Å². The summed E-state index contributed by atoms with van der Waals surface area (Å²) in [5.41, 5.74) is 9.61. The zero-order valence-electron chi connectivity index (χ0n) is 7.76. The second-order valence-corrected chi connectivity index (χ2v) is 3.61. The van der Waals surface area contributed by atoms with Crippen LogP contribution < -0.4 is 5.73 Å². The fourth-order valence-corrected chi connectivity index (χ4v) is 2.13. The Labute approximate surface area is 77.8 Å². The molecule has 0 saturated heterocycles. The van der Waals surface area contributed by atoms with Crippen molar-refractivity contribution in [1.82, 2.24) is 0 Å². The molecule has 0 radical (unpaired) electrons. The Bertz CT molecular complexity index is 369. The van der Waals surface area contributed by atoms with Crippen LogP contribution in [-0.2, 0) is 12.8 Å². The van der Waals surface area contributed by atoms with Gasteiger partial charge in [0.25, 0.3) is 0 Å². The maximum absolute atomic E-state index is 11.2. The Morgan fingerprint density at radius 2 is 2.15 bits per heavy atom. The quantitative estimate of drug-likeness (QED) is 0.692. The van der Waals surface area contributed by atoms with E-state index in [0.29, 0.717) is 0 Å². The van der Waals surface area contributed by atoms with Gasteiger partial charge in [0.05, 0.1) is 0 Å². The fraction of sp³-hybridized carbons (Fsp3) is 0.364. The average molecular weight is 175 g/mol. The Balaban J connectivity index is 2.65. The first-order chi connectivity index (χ1) is 6.20. The number of carbonyl (C=O) groups excluding carboxylic acids is 1. The number of amides is 1. The molecule has 1 aliphatic rings. The summed E-state index contributed by atoms with van der Waals surface area (Å²) in [7, 11) is 0. The number of hydrogen-bond acceptors (Lipinski definition) is 1. The minimum absolute atomic E-state index is 0.281. The molecule has 1 aromatic carbocycles. The molecule has 0 aromatic heterocycles. The molecular formula is C11H13NO. The number of rotatable bonds is 1. The summed E-state index contributed by atoms with van der Waals surface area (Å²) in [5, 5.41) is 0. The Hall–Kier alpha value is -1.31. The number of primary amides is 1. The SMILES string of the molecule is Cc1ccc2c(c1C(N)=O)CCC2. The molecule has 1 aromatic rings. The van der Waals surface area contributed by atoms with Gasteiger partial charge in [-0.15, -0.1) is 0 Å². The zero-order chi connectivity index (χ0) is 9.42. The maximum Gasteiger partial charge on any atom is 0.249 e. The van der Waals surface area contributed by atoms with Gasteiger partial charge >= 0.3 is 0 Å². The van der Waals surface area contributed by atoms with Crippen molar-refractivity contribution in [3.63, 3.8) is 0 Å². The number of nitrogens with two attached hydrogens (primary N) is 1. The van der Waals surface area contributed by atoms with E-state index < -0.39 is 0 Å². The van der Waals surface area contributed by atoms with E-state index in [1.807, 2.05) is 13.0 Å². The van der Waals surface area contributed by atoms with Gasteiger partial charge in [0.1, 0.15) is 0 Å². The van der Waals surface area contributed by atoms with Gasteiger partial charge in [0.15, 0.2) is 0 Å². The van der Waals surface area contributed by atoms with Gasteiger partial charge < -0.3 is 5.73 Å². The van der Waals surface area contributed by atoms with Gasteiger partial charge in [0, 0.05) is 5.56 Å². The predicted octanol–water partition coefficient (Wildman–Crippen LogP) is 1.58. The molecule has 0 atom stereocenters. The number of fused-ring (bicyclic) bond motifs is 1. The molecule has 0 saturated carbocycles. The molecule has 2 heteroatoms. The lowest BCUT2D eigenvalue weighted by Gasteiger charge is -2.07. The standard InChI is InChI=1S/C11H13NO/c1-7-5-6-8-3-2-4-9(8)10(7)11(12)13/h5-6H,2-4H2,1H3,(H2,12,13). The average Bonchev–Trinajstić information content (AvgIpc) is 2.50. The van der Waals surface area contributed by atoms with Crippen LogP contribution in [-0.4, -0.2) is 5.91 Å². The van der Waals surface area contributed by atoms with Crippen molar-refractivity contribution in [1.29, 1.82) is 0 Å². The van der Waals surface area contributed by atoms with E-state index in [0.717, 1.165) is 30.4 Å². The molecule has 2 N–H and O–H groups in total. The van der Waals surface area contributed by atoms with Crippen molar-refractivity contribution in [2.24, 2.45) is 5.73 Å². The van der Waals surface area contributed by atoms with Crippen molar-refractivity contribution in [2.75, 3.05) is 0 Å². The normalized spacial score (nSPS) is 14.2. The predicted molar refractivity (Wildman–Crippen MR) is 51.7 cm³/mol. The third kappa shape index (κ3) is 1.22. The van der Waals surface area contributed by atoms with Crippen LogP contribution in [0, 0.1) is 6.92 Å². The van der Waals surface area contributed by atoms with Crippen molar-refractivity contribution in [3.8, 4) is 0 Å². The molecule has 13 heavy (non-hydrogen) atoms. The molecular weight excluding hydrogens is 162 g/mol. The molecule has 0 bridgehead atoms. The van der Waals surface area contributed by atoms with Crippen molar-refractivity contribution < 1.29 is 4.79 Å². The molecule has 1 aliphatic carbocycles. The van der Waals surface area contributed by atoms with E-state index in [1.165, 1.54) is 11.1 Å². The van der Waals surface area contributed by atoms with Crippen molar-refractivity contribution in [2.45, 2.75) is 26.2 Å². The molecule has 0 fully saturated rings. The van der Waals surface area contributed by atoms with Gasteiger partial charge in [-0.25, -0.2) is 0 Å². The van der Waals surface area contributed by atoms with Gasteiger partial charge in [-0.05, 0) is 42.9 Å². The lowest BCUT2D eigenvalue weighted by Crippen LogP contribution is -2.15. The van der Waals surface area contributed by atoms with Gasteiger partial charge in [-0.3, -0.25) is 4.79 Å². The lowest BCUT2D eigenvalue weighted by molar-refractivity contribution is 0.0999. The van der Waals surface area contributed by atoms with Gasteiger partial charge in [-0.1, -0.05) is 12.1 Å². The molecule has 0 spiro atoms. The summed E-state index contributed by atoms with van der Waals surface area (Å²) >= 11 is 0. The van der Waals surface area contributed by atoms with Crippen LogP contribution in [0.3, 0.4) is 0 Å².